The number of hydrogen-bond donors (Lipinski definition) is 2. The number of halogens is 1. The third-order valence-corrected chi connectivity index (χ3v) is 4.56. The Morgan fingerprint density at radius 3 is 2.85 bits per heavy atom. The van der Waals surface area contributed by atoms with Crippen LogP contribution in [0.1, 0.15) is 16.2 Å². The summed E-state index contributed by atoms with van der Waals surface area (Å²) in [5, 5.41) is 3.16. The number of aromatic amines is 1. The highest BCUT2D eigenvalue weighted by Gasteiger charge is 2.13. The van der Waals surface area contributed by atoms with Crippen LogP contribution in [-0.4, -0.2) is 27.0 Å². The molecule has 0 spiro atoms. The van der Waals surface area contributed by atoms with E-state index in [1.165, 1.54) is 24.3 Å². The number of amides is 1. The van der Waals surface area contributed by atoms with Crippen LogP contribution < -0.4 is 10.9 Å². The number of nitrogens with zero attached hydrogens (tertiary/aromatic N) is 2. The van der Waals surface area contributed by atoms with E-state index in [2.05, 4.69) is 15.3 Å². The number of pyridine rings is 1. The van der Waals surface area contributed by atoms with E-state index in [1.807, 2.05) is 35.9 Å². The van der Waals surface area contributed by atoms with Gasteiger partial charge >= 0.3 is 0 Å². The molecule has 0 saturated carbocycles. The van der Waals surface area contributed by atoms with Gasteiger partial charge in [0.2, 0.25) is 5.56 Å². The lowest BCUT2D eigenvalue weighted by Gasteiger charge is -2.08. The Bertz CT molecular complexity index is 1230. The van der Waals surface area contributed by atoms with Crippen LogP contribution in [0.5, 0.6) is 0 Å². The van der Waals surface area contributed by atoms with Gasteiger partial charge in [0.05, 0.1) is 16.6 Å². The molecular formula is C20H17FN4O2. The summed E-state index contributed by atoms with van der Waals surface area (Å²) in [5.74, 6) is -0.0444. The zero-order chi connectivity index (χ0) is 19.0. The summed E-state index contributed by atoms with van der Waals surface area (Å²) in [4.78, 5) is 31.5. The largest absolute Gasteiger partial charge is 0.352 e. The molecule has 1 amide bonds. The fraction of sp³-hybridized carbons (Fsp3) is 0.150. The molecule has 7 heteroatoms. The number of aryl methyl sites for hydroxylation is 1. The van der Waals surface area contributed by atoms with Crippen molar-refractivity contribution in [2.75, 3.05) is 6.54 Å². The van der Waals surface area contributed by atoms with Gasteiger partial charge in [-0.2, -0.15) is 0 Å². The van der Waals surface area contributed by atoms with E-state index in [4.69, 9.17) is 0 Å². The van der Waals surface area contributed by atoms with Gasteiger partial charge in [-0.1, -0.05) is 12.1 Å². The number of hydrogen-bond acceptors (Lipinski definition) is 3. The van der Waals surface area contributed by atoms with Crippen LogP contribution in [0.4, 0.5) is 4.39 Å². The van der Waals surface area contributed by atoms with Crippen LogP contribution in [0.2, 0.25) is 0 Å². The normalized spacial score (nSPS) is 11.2. The number of para-hydroxylation sites is 2. The number of nitrogens with one attached hydrogen (secondary N) is 2. The van der Waals surface area contributed by atoms with E-state index >= 15 is 0 Å². The Hall–Kier alpha value is -3.48. The van der Waals surface area contributed by atoms with E-state index in [1.54, 1.807) is 0 Å². The average molecular weight is 364 g/mol. The molecule has 27 heavy (non-hydrogen) atoms. The minimum Gasteiger partial charge on any atom is -0.352 e. The van der Waals surface area contributed by atoms with Crippen molar-refractivity contribution in [3.63, 3.8) is 0 Å². The van der Waals surface area contributed by atoms with Crippen molar-refractivity contribution >= 4 is 27.8 Å². The fourth-order valence-electron chi connectivity index (χ4n) is 3.22. The molecule has 0 fully saturated rings. The molecule has 0 saturated heterocycles. The van der Waals surface area contributed by atoms with Gasteiger partial charge in [0.1, 0.15) is 11.6 Å². The quantitative estimate of drug-likeness (QED) is 0.584. The third-order valence-electron chi connectivity index (χ3n) is 4.56. The van der Waals surface area contributed by atoms with Crippen molar-refractivity contribution in [2.45, 2.75) is 6.42 Å². The van der Waals surface area contributed by atoms with Crippen LogP contribution in [0.25, 0.3) is 21.9 Å². The number of fused-ring (bicyclic) bond motifs is 2. The highest BCUT2D eigenvalue weighted by Crippen LogP contribution is 2.17. The van der Waals surface area contributed by atoms with Crippen LogP contribution in [0.3, 0.4) is 0 Å². The number of carbonyl (C=O) groups is 1. The Labute approximate surface area is 153 Å². The van der Waals surface area contributed by atoms with Gasteiger partial charge in [-0.3, -0.25) is 9.59 Å². The monoisotopic (exact) mass is 364 g/mol. The minimum absolute atomic E-state index is 0.151. The fourth-order valence-corrected chi connectivity index (χ4v) is 3.22. The first-order chi connectivity index (χ1) is 13.0. The van der Waals surface area contributed by atoms with Gasteiger partial charge in [-0.15, -0.1) is 0 Å². The van der Waals surface area contributed by atoms with Crippen molar-refractivity contribution in [1.82, 2.24) is 19.9 Å². The minimum atomic E-state index is -0.469. The lowest BCUT2D eigenvalue weighted by molar-refractivity contribution is 0.0955. The van der Waals surface area contributed by atoms with Crippen molar-refractivity contribution in [2.24, 2.45) is 7.05 Å². The van der Waals surface area contributed by atoms with Crippen molar-refractivity contribution in [3.05, 3.63) is 76.1 Å². The molecule has 0 bridgehead atoms. The molecular weight excluding hydrogens is 347 g/mol. The summed E-state index contributed by atoms with van der Waals surface area (Å²) in [5.41, 5.74) is 2.09. The first kappa shape index (κ1) is 17.0. The van der Waals surface area contributed by atoms with Crippen molar-refractivity contribution < 1.29 is 9.18 Å². The lowest BCUT2D eigenvalue weighted by Crippen LogP contribution is -2.27. The van der Waals surface area contributed by atoms with Gasteiger partial charge in [-0.05, 0) is 30.3 Å². The van der Waals surface area contributed by atoms with Gasteiger partial charge in [0.25, 0.3) is 5.91 Å². The maximum absolute atomic E-state index is 13.6. The molecule has 2 aromatic heterocycles. The number of rotatable bonds is 4. The topological polar surface area (TPSA) is 79.8 Å². The first-order valence-corrected chi connectivity index (χ1v) is 8.54. The molecule has 136 valence electrons. The zero-order valence-electron chi connectivity index (χ0n) is 14.6. The standard InChI is InChI=1S/C20H17FN4O2/c1-25-17-5-3-2-4-16(17)23-18(25)8-9-22-20(27)14-11-19(26)24-15-7-6-12(21)10-13(14)15/h2-7,10-11H,8-9H2,1H3,(H,22,27)(H,24,26). The molecule has 6 nitrogen and oxygen atoms in total. The Morgan fingerprint density at radius 1 is 1.22 bits per heavy atom. The first-order valence-electron chi connectivity index (χ1n) is 8.54. The van der Waals surface area contributed by atoms with E-state index in [-0.39, 0.29) is 5.56 Å². The second-order valence-corrected chi connectivity index (χ2v) is 6.32. The highest BCUT2D eigenvalue weighted by atomic mass is 19.1. The molecule has 4 rings (SSSR count). The van der Waals surface area contributed by atoms with Crippen LogP contribution in [0.15, 0.2) is 53.3 Å². The van der Waals surface area contributed by atoms with Crippen LogP contribution in [-0.2, 0) is 13.5 Å². The van der Waals surface area contributed by atoms with Crippen LogP contribution >= 0.6 is 0 Å². The van der Waals surface area contributed by atoms with Gasteiger partial charge in [0, 0.05) is 37.0 Å². The molecule has 2 N–H and O–H groups in total. The van der Waals surface area contributed by atoms with Crippen molar-refractivity contribution in [3.8, 4) is 0 Å². The maximum Gasteiger partial charge on any atom is 0.252 e. The summed E-state index contributed by atoms with van der Waals surface area (Å²) in [6, 6.07) is 12.9. The number of benzene rings is 2. The summed E-state index contributed by atoms with van der Waals surface area (Å²) in [7, 11) is 1.93. The molecule has 0 aliphatic heterocycles. The van der Waals surface area contributed by atoms with E-state index in [0.717, 1.165) is 16.9 Å². The molecule has 0 unspecified atom stereocenters. The van der Waals surface area contributed by atoms with E-state index in [0.29, 0.717) is 23.9 Å². The maximum atomic E-state index is 13.6. The second-order valence-electron chi connectivity index (χ2n) is 6.32. The molecule has 0 atom stereocenters. The molecule has 2 heterocycles. The summed E-state index contributed by atoms with van der Waals surface area (Å²) in [6.07, 6.45) is 0.534. The molecule has 0 aliphatic rings. The van der Waals surface area contributed by atoms with Gasteiger partial charge in [-0.25, -0.2) is 9.37 Å². The average Bonchev–Trinajstić information content (AvgIpc) is 2.97. The highest BCUT2D eigenvalue weighted by molar-refractivity contribution is 6.05. The summed E-state index contributed by atoms with van der Waals surface area (Å²) in [6.45, 7) is 0.347. The smallest absolute Gasteiger partial charge is 0.252 e. The van der Waals surface area contributed by atoms with Crippen molar-refractivity contribution in [1.29, 1.82) is 0 Å². The number of carbonyl (C=O) groups excluding carboxylic acids is 1. The number of H-pyrrole nitrogens is 1. The lowest BCUT2D eigenvalue weighted by atomic mass is 10.1. The van der Waals surface area contributed by atoms with E-state index in [9.17, 15) is 14.0 Å². The zero-order valence-corrected chi connectivity index (χ0v) is 14.6. The number of aromatic nitrogens is 3. The van der Waals surface area contributed by atoms with E-state index < -0.39 is 17.3 Å². The Balaban J connectivity index is 1.54. The predicted octanol–water partition coefficient (Wildman–Crippen LogP) is 2.53. The van der Waals surface area contributed by atoms with Gasteiger partial charge in [0.15, 0.2) is 0 Å². The number of imidazole rings is 1. The molecule has 0 aliphatic carbocycles. The molecule has 4 aromatic rings. The third kappa shape index (κ3) is 3.19. The molecule has 0 radical (unpaired) electrons. The Kier molecular flexibility index (Phi) is 4.19. The van der Waals surface area contributed by atoms with Crippen LogP contribution in [0, 0.1) is 5.82 Å². The second kappa shape index (κ2) is 6.68. The molecule has 2 aromatic carbocycles. The van der Waals surface area contributed by atoms with Gasteiger partial charge < -0.3 is 14.9 Å². The SMILES string of the molecule is Cn1c(CCNC(=O)c2cc(=O)[nH]c3ccc(F)cc23)nc2ccccc21. The summed E-state index contributed by atoms with van der Waals surface area (Å²) >= 11 is 0. The Morgan fingerprint density at radius 2 is 2.04 bits per heavy atom. The predicted molar refractivity (Wildman–Crippen MR) is 101 cm³/mol. The summed E-state index contributed by atoms with van der Waals surface area (Å²) < 4.78 is 15.6.